The lowest BCUT2D eigenvalue weighted by Gasteiger charge is -2.31. The Morgan fingerprint density at radius 2 is 2.00 bits per heavy atom. The molecule has 1 heterocycles. The van der Waals surface area contributed by atoms with Crippen molar-refractivity contribution in [1.82, 2.24) is 0 Å². The maximum Gasteiger partial charge on any atom is 0.0853 e. The number of hydrogen-bond donors (Lipinski definition) is 1. The largest absolute Gasteiger partial charge is 0.388 e. The van der Waals surface area contributed by atoms with Crippen molar-refractivity contribution in [2.75, 3.05) is 6.61 Å². The minimum atomic E-state index is -0.563. The van der Waals surface area contributed by atoms with Gasteiger partial charge >= 0.3 is 0 Å². The van der Waals surface area contributed by atoms with Crippen LogP contribution in [-0.4, -0.2) is 23.4 Å². The van der Waals surface area contributed by atoms with Gasteiger partial charge < -0.3 is 9.84 Å². The molecule has 1 aliphatic heterocycles. The Morgan fingerprint density at radius 3 is 2.27 bits per heavy atom. The molecule has 1 N–H and O–H groups in total. The fraction of sp³-hybridized carbons (Fsp3) is 1.00. The first-order valence-corrected chi connectivity index (χ1v) is 4.44. The van der Waals surface area contributed by atoms with Crippen LogP contribution in [0.3, 0.4) is 0 Å². The second kappa shape index (κ2) is 4.73. The molecule has 1 aliphatic rings. The number of hydrogen-bond acceptors (Lipinski definition) is 2. The minimum Gasteiger partial charge on any atom is -0.388 e. The van der Waals surface area contributed by atoms with Crippen LogP contribution in [0.2, 0.25) is 0 Å². The lowest BCUT2D eigenvalue weighted by molar-refractivity contribution is -0.103. The molecule has 11 heavy (non-hydrogen) atoms. The van der Waals surface area contributed by atoms with E-state index in [4.69, 9.17) is 4.74 Å². The summed E-state index contributed by atoms with van der Waals surface area (Å²) in [4.78, 5) is 0. The van der Waals surface area contributed by atoms with Crippen molar-refractivity contribution in [1.29, 1.82) is 0 Å². The zero-order valence-corrected chi connectivity index (χ0v) is 8.05. The van der Waals surface area contributed by atoms with E-state index in [1.54, 1.807) is 0 Å². The van der Waals surface area contributed by atoms with Crippen molar-refractivity contribution in [3.8, 4) is 0 Å². The third kappa shape index (κ3) is 4.38. The molecular formula is C9H20O2. The highest BCUT2D eigenvalue weighted by Crippen LogP contribution is 2.21. The molecule has 2 nitrogen and oxygen atoms in total. The third-order valence-electron chi connectivity index (χ3n) is 1.77. The second-order valence-corrected chi connectivity index (χ2v) is 3.16. The van der Waals surface area contributed by atoms with Crippen LogP contribution < -0.4 is 0 Å². The van der Waals surface area contributed by atoms with Crippen molar-refractivity contribution in [3.63, 3.8) is 0 Å². The van der Waals surface area contributed by atoms with Gasteiger partial charge in [0.15, 0.2) is 0 Å². The Kier molecular flexibility index (Phi) is 4.69. The summed E-state index contributed by atoms with van der Waals surface area (Å²) in [6, 6.07) is 0. The smallest absolute Gasteiger partial charge is 0.0853 e. The van der Waals surface area contributed by atoms with E-state index in [9.17, 15) is 5.11 Å². The average Bonchev–Trinajstić information content (AvgIpc) is 2.00. The lowest BCUT2D eigenvalue weighted by atomic mass is 9.97. The normalized spacial score (nSPS) is 37.4. The SMILES string of the molecule is CC.CC1CCC(C)(O)CO1. The summed E-state index contributed by atoms with van der Waals surface area (Å²) in [5, 5.41) is 9.37. The summed E-state index contributed by atoms with van der Waals surface area (Å²) in [6.45, 7) is 8.35. The lowest BCUT2D eigenvalue weighted by Crippen LogP contribution is -2.37. The molecule has 1 fully saturated rings. The molecule has 0 saturated carbocycles. The van der Waals surface area contributed by atoms with E-state index >= 15 is 0 Å². The van der Waals surface area contributed by atoms with Gasteiger partial charge in [-0.25, -0.2) is 0 Å². The summed E-state index contributed by atoms with van der Waals surface area (Å²) in [7, 11) is 0. The van der Waals surface area contributed by atoms with E-state index < -0.39 is 5.60 Å². The monoisotopic (exact) mass is 160 g/mol. The molecule has 0 aromatic rings. The zero-order valence-electron chi connectivity index (χ0n) is 8.05. The van der Waals surface area contributed by atoms with Gasteiger partial charge in [0.05, 0.1) is 18.3 Å². The maximum atomic E-state index is 9.37. The van der Waals surface area contributed by atoms with Crippen molar-refractivity contribution >= 4 is 0 Å². The predicted octanol–water partition coefficient (Wildman–Crippen LogP) is 1.96. The van der Waals surface area contributed by atoms with Crippen LogP contribution in [0.5, 0.6) is 0 Å². The first-order valence-electron chi connectivity index (χ1n) is 4.44. The molecule has 0 aliphatic carbocycles. The van der Waals surface area contributed by atoms with Crippen molar-refractivity contribution in [2.24, 2.45) is 0 Å². The Morgan fingerprint density at radius 1 is 1.45 bits per heavy atom. The van der Waals surface area contributed by atoms with E-state index in [2.05, 4.69) is 0 Å². The van der Waals surface area contributed by atoms with Gasteiger partial charge in [-0.05, 0) is 26.7 Å². The Labute approximate surface area is 69.6 Å². The van der Waals surface area contributed by atoms with Crippen molar-refractivity contribution < 1.29 is 9.84 Å². The molecule has 0 aromatic carbocycles. The van der Waals surface area contributed by atoms with Crippen molar-refractivity contribution in [3.05, 3.63) is 0 Å². The van der Waals surface area contributed by atoms with Gasteiger partial charge in [-0.3, -0.25) is 0 Å². The number of rotatable bonds is 0. The van der Waals surface area contributed by atoms with Crippen LogP contribution in [0, 0.1) is 0 Å². The highest BCUT2D eigenvalue weighted by molar-refractivity contribution is 4.77. The van der Waals surface area contributed by atoms with E-state index in [1.165, 1.54) is 0 Å². The van der Waals surface area contributed by atoms with E-state index in [0.29, 0.717) is 12.7 Å². The summed E-state index contributed by atoms with van der Waals surface area (Å²) >= 11 is 0. The molecule has 0 aromatic heterocycles. The van der Waals surface area contributed by atoms with Crippen LogP contribution in [0.15, 0.2) is 0 Å². The van der Waals surface area contributed by atoms with E-state index in [0.717, 1.165) is 12.8 Å². The third-order valence-corrected chi connectivity index (χ3v) is 1.77. The second-order valence-electron chi connectivity index (χ2n) is 3.16. The molecule has 1 saturated heterocycles. The van der Waals surface area contributed by atoms with Gasteiger partial charge in [0, 0.05) is 0 Å². The van der Waals surface area contributed by atoms with Crippen molar-refractivity contribution in [2.45, 2.75) is 52.2 Å². The Hall–Kier alpha value is -0.0800. The van der Waals surface area contributed by atoms with Crippen LogP contribution >= 0.6 is 0 Å². The maximum absolute atomic E-state index is 9.37. The van der Waals surface area contributed by atoms with Gasteiger partial charge in [-0.1, -0.05) is 13.8 Å². The molecule has 68 valence electrons. The van der Waals surface area contributed by atoms with Crippen LogP contribution in [0.25, 0.3) is 0 Å². The van der Waals surface area contributed by atoms with E-state index in [-0.39, 0.29) is 0 Å². The number of ether oxygens (including phenoxy) is 1. The molecular weight excluding hydrogens is 140 g/mol. The highest BCUT2D eigenvalue weighted by atomic mass is 16.5. The summed E-state index contributed by atoms with van der Waals surface area (Å²) in [6.07, 6.45) is 2.19. The average molecular weight is 160 g/mol. The quantitative estimate of drug-likeness (QED) is 0.587. The Balaban J connectivity index is 0.000000461. The molecule has 1 rings (SSSR count). The first-order chi connectivity index (χ1) is 5.10. The molecule has 0 bridgehead atoms. The van der Waals surface area contributed by atoms with Gasteiger partial charge in [0.1, 0.15) is 0 Å². The highest BCUT2D eigenvalue weighted by Gasteiger charge is 2.26. The molecule has 0 spiro atoms. The molecule has 2 unspecified atom stereocenters. The molecule has 0 radical (unpaired) electrons. The number of aliphatic hydroxyl groups is 1. The van der Waals surface area contributed by atoms with Crippen LogP contribution in [0.1, 0.15) is 40.5 Å². The van der Waals surface area contributed by atoms with Gasteiger partial charge in [0.25, 0.3) is 0 Å². The van der Waals surface area contributed by atoms with Crippen LogP contribution in [-0.2, 0) is 4.74 Å². The van der Waals surface area contributed by atoms with Gasteiger partial charge in [-0.2, -0.15) is 0 Å². The first kappa shape index (κ1) is 10.9. The molecule has 0 amide bonds. The Bertz CT molecular complexity index is 89.7. The van der Waals surface area contributed by atoms with E-state index in [1.807, 2.05) is 27.7 Å². The van der Waals surface area contributed by atoms with Gasteiger partial charge in [0.2, 0.25) is 0 Å². The fourth-order valence-corrected chi connectivity index (χ4v) is 0.992. The standard InChI is InChI=1S/C7H14O2.C2H6/c1-6-3-4-7(2,8)5-9-6;1-2/h6,8H,3-5H2,1-2H3;1-2H3. The summed E-state index contributed by atoms with van der Waals surface area (Å²) < 4.78 is 5.24. The topological polar surface area (TPSA) is 29.5 Å². The minimum absolute atomic E-state index is 0.338. The molecule has 2 heteroatoms. The van der Waals surface area contributed by atoms with Crippen LogP contribution in [0.4, 0.5) is 0 Å². The molecule has 2 atom stereocenters. The van der Waals surface area contributed by atoms with Gasteiger partial charge in [-0.15, -0.1) is 0 Å². The fourth-order valence-electron chi connectivity index (χ4n) is 0.992. The summed E-state index contributed by atoms with van der Waals surface area (Å²) in [5.41, 5.74) is -0.563. The predicted molar refractivity (Wildman–Crippen MR) is 46.6 cm³/mol. The zero-order chi connectivity index (χ0) is 8.91. The summed E-state index contributed by atoms with van der Waals surface area (Å²) in [5.74, 6) is 0.